The molecular formula is C37H33BrN2O5S. The Morgan fingerprint density at radius 3 is 2.46 bits per heavy atom. The third kappa shape index (κ3) is 6.30. The summed E-state index contributed by atoms with van der Waals surface area (Å²) in [6, 6.07) is 25.4. The predicted molar refractivity (Wildman–Crippen MR) is 185 cm³/mol. The Morgan fingerprint density at radius 1 is 0.957 bits per heavy atom. The number of aryl methyl sites for hydroxylation is 1. The number of ether oxygens (including phenoxy) is 3. The van der Waals surface area contributed by atoms with Crippen molar-refractivity contribution in [2.75, 3.05) is 13.2 Å². The summed E-state index contributed by atoms with van der Waals surface area (Å²) in [5, 5.41) is 2.33. The zero-order valence-corrected chi connectivity index (χ0v) is 28.4. The highest BCUT2D eigenvalue weighted by atomic mass is 79.9. The monoisotopic (exact) mass is 696 g/mol. The number of halogens is 1. The smallest absolute Gasteiger partial charge is 0.338 e. The van der Waals surface area contributed by atoms with Crippen LogP contribution in [-0.2, 0) is 16.1 Å². The lowest BCUT2D eigenvalue weighted by Gasteiger charge is -2.24. The van der Waals surface area contributed by atoms with Gasteiger partial charge in [0.2, 0.25) is 0 Å². The normalized spacial score (nSPS) is 14.6. The molecule has 9 heteroatoms. The van der Waals surface area contributed by atoms with E-state index in [-0.39, 0.29) is 12.2 Å². The minimum atomic E-state index is -0.658. The van der Waals surface area contributed by atoms with Gasteiger partial charge in [-0.3, -0.25) is 9.36 Å². The molecule has 0 spiro atoms. The number of carbonyl (C=O) groups is 1. The number of nitrogens with zero attached hydrogens (tertiary/aromatic N) is 2. The molecule has 0 aliphatic carbocycles. The van der Waals surface area contributed by atoms with Crippen molar-refractivity contribution < 1.29 is 19.0 Å². The zero-order chi connectivity index (χ0) is 32.4. The van der Waals surface area contributed by atoms with Crippen LogP contribution in [0.5, 0.6) is 11.5 Å². The minimum Gasteiger partial charge on any atom is -0.490 e. The summed E-state index contributed by atoms with van der Waals surface area (Å²) in [6.45, 7) is 8.49. The number of carbonyl (C=O) groups excluding carboxylic acids is 1. The molecule has 1 aromatic heterocycles. The number of benzene rings is 4. The van der Waals surface area contributed by atoms with Crippen molar-refractivity contribution in [3.05, 3.63) is 137 Å². The van der Waals surface area contributed by atoms with Crippen molar-refractivity contribution >= 4 is 50.1 Å². The van der Waals surface area contributed by atoms with Crippen LogP contribution < -0.4 is 24.4 Å². The van der Waals surface area contributed by atoms with Gasteiger partial charge in [0.25, 0.3) is 5.56 Å². The number of fused-ring (bicyclic) bond motifs is 2. The molecule has 0 fully saturated rings. The van der Waals surface area contributed by atoms with E-state index in [2.05, 4.69) is 51.3 Å². The number of hydrogen-bond donors (Lipinski definition) is 0. The molecule has 1 atom stereocenters. The van der Waals surface area contributed by atoms with Crippen molar-refractivity contribution in [1.29, 1.82) is 0 Å². The van der Waals surface area contributed by atoms with E-state index in [4.69, 9.17) is 14.2 Å². The number of rotatable bonds is 9. The number of thiazole rings is 1. The van der Waals surface area contributed by atoms with Crippen LogP contribution in [0.4, 0.5) is 0 Å². The van der Waals surface area contributed by atoms with Gasteiger partial charge in [-0.1, -0.05) is 77.6 Å². The molecule has 1 aliphatic heterocycles. The van der Waals surface area contributed by atoms with E-state index in [1.54, 1.807) is 18.4 Å². The van der Waals surface area contributed by atoms with Gasteiger partial charge in [-0.05, 0) is 95.4 Å². The van der Waals surface area contributed by atoms with Gasteiger partial charge >= 0.3 is 5.97 Å². The highest BCUT2D eigenvalue weighted by molar-refractivity contribution is 9.10. The van der Waals surface area contributed by atoms with Crippen molar-refractivity contribution in [2.24, 2.45) is 4.99 Å². The highest BCUT2D eigenvalue weighted by Gasteiger charge is 2.33. The summed E-state index contributed by atoms with van der Waals surface area (Å²) in [7, 11) is 0. The van der Waals surface area contributed by atoms with E-state index >= 15 is 0 Å². The quantitative estimate of drug-likeness (QED) is 0.155. The van der Waals surface area contributed by atoms with Crippen molar-refractivity contribution in [3.63, 3.8) is 0 Å². The van der Waals surface area contributed by atoms with Crippen LogP contribution in [-0.4, -0.2) is 23.8 Å². The first-order valence-corrected chi connectivity index (χ1v) is 16.7. The second kappa shape index (κ2) is 13.5. The van der Waals surface area contributed by atoms with E-state index in [0.717, 1.165) is 27.6 Å². The fourth-order valence-electron chi connectivity index (χ4n) is 5.57. The molecule has 0 N–H and O–H groups in total. The van der Waals surface area contributed by atoms with Crippen molar-refractivity contribution in [1.82, 2.24) is 4.57 Å². The lowest BCUT2D eigenvalue weighted by molar-refractivity contribution is -0.139. The van der Waals surface area contributed by atoms with Gasteiger partial charge in [-0.15, -0.1) is 0 Å². The van der Waals surface area contributed by atoms with Crippen LogP contribution >= 0.6 is 27.3 Å². The second-order valence-corrected chi connectivity index (χ2v) is 12.8. The maximum atomic E-state index is 14.1. The molecule has 0 saturated heterocycles. The fraction of sp³-hybridized carbons (Fsp3) is 0.216. The summed E-state index contributed by atoms with van der Waals surface area (Å²) in [5.41, 5.74) is 4.34. The van der Waals surface area contributed by atoms with Crippen LogP contribution in [0.2, 0.25) is 0 Å². The van der Waals surface area contributed by atoms with Crippen molar-refractivity contribution in [3.8, 4) is 11.5 Å². The molecular weight excluding hydrogens is 664 g/mol. The zero-order valence-electron chi connectivity index (χ0n) is 26.0. The van der Waals surface area contributed by atoms with Gasteiger partial charge in [0.1, 0.15) is 6.61 Å². The topological polar surface area (TPSA) is 79.1 Å². The molecule has 46 heavy (non-hydrogen) atoms. The van der Waals surface area contributed by atoms with Crippen LogP contribution in [0.3, 0.4) is 0 Å². The van der Waals surface area contributed by atoms with Crippen LogP contribution in [0.25, 0.3) is 16.8 Å². The lowest BCUT2D eigenvalue weighted by Crippen LogP contribution is -2.39. The fourth-order valence-corrected chi connectivity index (χ4v) is 7.19. The Labute approximate surface area is 279 Å². The van der Waals surface area contributed by atoms with Gasteiger partial charge < -0.3 is 14.2 Å². The summed E-state index contributed by atoms with van der Waals surface area (Å²) >= 11 is 4.96. The third-order valence-electron chi connectivity index (χ3n) is 7.74. The van der Waals surface area contributed by atoms with E-state index in [0.29, 0.717) is 49.8 Å². The number of aromatic nitrogens is 1. The maximum absolute atomic E-state index is 14.1. The molecule has 7 nitrogen and oxygen atoms in total. The van der Waals surface area contributed by atoms with Crippen LogP contribution in [0.1, 0.15) is 49.1 Å². The molecule has 4 aromatic carbocycles. The van der Waals surface area contributed by atoms with Crippen LogP contribution in [0.15, 0.2) is 104 Å². The predicted octanol–water partition coefficient (Wildman–Crippen LogP) is 7.00. The Balaban J connectivity index is 1.38. The molecule has 2 heterocycles. The largest absolute Gasteiger partial charge is 0.490 e. The van der Waals surface area contributed by atoms with Gasteiger partial charge in [-0.2, -0.15) is 0 Å². The summed E-state index contributed by atoms with van der Waals surface area (Å²) in [5.74, 6) is 0.672. The molecule has 0 unspecified atom stereocenters. The number of esters is 1. The second-order valence-electron chi connectivity index (χ2n) is 10.9. The molecule has 0 radical (unpaired) electrons. The molecule has 0 saturated carbocycles. The summed E-state index contributed by atoms with van der Waals surface area (Å²) < 4.78 is 20.5. The Bertz CT molecular complexity index is 2170. The molecule has 0 bridgehead atoms. The molecule has 1 aliphatic rings. The first kappa shape index (κ1) is 31.5. The van der Waals surface area contributed by atoms with E-state index in [1.807, 2.05) is 68.5 Å². The molecule has 5 aromatic rings. The molecule has 0 amide bonds. The SMILES string of the molecule is CCOC(=O)C1=C(C)N=c2s/c(=C/c3cc(Br)c(OCc4ccc5ccccc5c4)c(OCC)c3)c(=O)n2[C@H]1c1ccc(C)cc1. The first-order valence-electron chi connectivity index (χ1n) is 15.1. The Kier molecular flexibility index (Phi) is 9.24. The van der Waals surface area contributed by atoms with E-state index < -0.39 is 12.0 Å². The van der Waals surface area contributed by atoms with Gasteiger partial charge in [0, 0.05) is 0 Å². The van der Waals surface area contributed by atoms with Crippen LogP contribution in [0, 0.1) is 6.92 Å². The summed E-state index contributed by atoms with van der Waals surface area (Å²) in [6.07, 6.45) is 1.82. The Hall–Kier alpha value is -4.47. The number of hydrogen-bond acceptors (Lipinski definition) is 7. The van der Waals surface area contributed by atoms with E-state index in [1.165, 1.54) is 16.7 Å². The third-order valence-corrected chi connectivity index (χ3v) is 9.31. The van der Waals surface area contributed by atoms with Gasteiger partial charge in [0.05, 0.1) is 39.5 Å². The van der Waals surface area contributed by atoms with Crippen molar-refractivity contribution in [2.45, 2.75) is 40.3 Å². The van der Waals surface area contributed by atoms with Gasteiger partial charge in [-0.25, -0.2) is 9.79 Å². The maximum Gasteiger partial charge on any atom is 0.338 e. The first-order chi connectivity index (χ1) is 22.3. The molecule has 6 rings (SSSR count). The lowest BCUT2D eigenvalue weighted by atomic mass is 9.95. The Morgan fingerprint density at radius 2 is 1.72 bits per heavy atom. The number of allylic oxidation sites excluding steroid dienone is 1. The average molecular weight is 698 g/mol. The van der Waals surface area contributed by atoms with Gasteiger partial charge in [0.15, 0.2) is 16.3 Å². The molecule has 234 valence electrons. The van der Waals surface area contributed by atoms with E-state index in [9.17, 15) is 9.59 Å². The average Bonchev–Trinajstić information content (AvgIpc) is 3.34. The summed E-state index contributed by atoms with van der Waals surface area (Å²) in [4.78, 5) is 32.4. The standard InChI is InChI=1S/C37H33BrN2O5S/c1-5-43-30-19-25(18-29(38)34(30)45-21-24-13-16-26-9-7-8-10-28(26)17-24)20-31-35(41)40-33(27-14-11-22(3)12-15-27)32(36(42)44-6-2)23(4)39-37(40)46-31/h7-20,33H,5-6,21H2,1-4H3/b31-20+/t33-/m0/s1. The minimum absolute atomic E-state index is 0.222. The highest BCUT2D eigenvalue weighted by Crippen LogP contribution is 2.38.